The van der Waals surface area contributed by atoms with E-state index in [0.717, 1.165) is 57.5 Å². The van der Waals surface area contributed by atoms with Crippen molar-refractivity contribution in [2.24, 2.45) is 10.2 Å². The number of hydrogen-bond acceptors (Lipinski definition) is 5. The van der Waals surface area contributed by atoms with Crippen molar-refractivity contribution in [1.82, 2.24) is 0 Å². The Labute approximate surface area is 208 Å². The third-order valence-corrected chi connectivity index (χ3v) is 18.8. The Morgan fingerprint density at radius 3 is 2.09 bits per heavy atom. The second-order valence-corrected chi connectivity index (χ2v) is 20.5. The Morgan fingerprint density at radius 2 is 1.55 bits per heavy atom. The molecule has 2 rings (SSSR count). The molecule has 0 unspecified atom stereocenters. The zero-order valence-electron chi connectivity index (χ0n) is 20.5. The summed E-state index contributed by atoms with van der Waals surface area (Å²) >= 11 is 3.18. The molecule has 0 amide bonds. The molecule has 1 N–H and O–H groups in total. The van der Waals surface area contributed by atoms with Gasteiger partial charge in [0, 0.05) is 0 Å². The Bertz CT molecular complexity index is 898. The fourth-order valence-corrected chi connectivity index (χ4v) is 17.2. The average molecular weight is 579 g/mol. The van der Waals surface area contributed by atoms with Crippen molar-refractivity contribution in [1.29, 1.82) is 0 Å². The van der Waals surface area contributed by atoms with Gasteiger partial charge in [-0.3, -0.25) is 0 Å². The summed E-state index contributed by atoms with van der Waals surface area (Å²) in [6.45, 7) is 6.63. The predicted octanol–water partition coefficient (Wildman–Crippen LogP) is 9.30. The number of anilines is 1. The normalized spacial score (nSPS) is 11.7. The predicted molar refractivity (Wildman–Crippen MR) is 142 cm³/mol. The molecule has 0 aromatic heterocycles. The molecule has 0 fully saturated rings. The summed E-state index contributed by atoms with van der Waals surface area (Å²) in [4.78, 5) is 13.4. The first-order valence-corrected chi connectivity index (χ1v) is 19.8. The van der Waals surface area contributed by atoms with Gasteiger partial charge in [0.15, 0.2) is 0 Å². The van der Waals surface area contributed by atoms with Crippen molar-refractivity contribution in [3.05, 3.63) is 53.1 Å². The number of benzene rings is 2. The molecule has 0 atom stereocenters. The van der Waals surface area contributed by atoms with Gasteiger partial charge in [-0.25, -0.2) is 0 Å². The number of azo groups is 1. The van der Waals surface area contributed by atoms with Crippen molar-refractivity contribution in [3.8, 4) is 0 Å². The van der Waals surface area contributed by atoms with Crippen molar-refractivity contribution in [2.75, 3.05) is 12.4 Å². The third kappa shape index (κ3) is 8.60. The molecule has 5 nitrogen and oxygen atoms in total. The van der Waals surface area contributed by atoms with Gasteiger partial charge in [-0.2, -0.15) is 0 Å². The fourth-order valence-electron chi connectivity index (χ4n) is 3.89. The van der Waals surface area contributed by atoms with Crippen LogP contribution in [0.4, 0.5) is 17.1 Å². The first-order valence-electron chi connectivity index (χ1n) is 12.2. The van der Waals surface area contributed by atoms with Crippen LogP contribution in [0.2, 0.25) is 18.3 Å². The van der Waals surface area contributed by atoms with Gasteiger partial charge < -0.3 is 0 Å². The molecule has 0 aliphatic rings. The number of halogens is 1. The second-order valence-electron chi connectivity index (χ2n) is 8.51. The molecule has 0 saturated carbocycles. The number of unbranched alkanes of at least 4 members (excludes halogenated alkanes) is 3. The number of carbonyl (C=O) groups is 1. The van der Waals surface area contributed by atoms with Crippen LogP contribution in [0.25, 0.3) is 0 Å². The van der Waals surface area contributed by atoms with E-state index < -0.39 is 18.8 Å². The molecule has 0 bridgehead atoms. The van der Waals surface area contributed by atoms with Crippen LogP contribution < -0.4 is 5.32 Å². The van der Waals surface area contributed by atoms with Crippen LogP contribution in [0.1, 0.15) is 69.7 Å². The average Bonchev–Trinajstić information content (AvgIpc) is 2.83. The van der Waals surface area contributed by atoms with Gasteiger partial charge in [0.1, 0.15) is 0 Å². The number of rotatable bonds is 14. The zero-order chi connectivity index (χ0) is 24.1. The fraction of sp³-hybridized carbons (Fsp3) is 0.500. The number of nitrogens with zero attached hydrogens (tertiary/aromatic N) is 2. The van der Waals surface area contributed by atoms with Crippen LogP contribution in [0.15, 0.2) is 52.7 Å². The van der Waals surface area contributed by atoms with E-state index in [1.54, 1.807) is 12.1 Å². The molecular weight excluding hydrogens is 540 g/mol. The maximum absolute atomic E-state index is 13.4. The summed E-state index contributed by atoms with van der Waals surface area (Å²) in [7, 11) is 1.82. The van der Waals surface area contributed by atoms with Crippen molar-refractivity contribution in [2.45, 2.75) is 72.6 Å². The number of hydrogen-bond donors (Lipinski definition) is 1. The molecular formula is C26H38ClN3O2Sn. The van der Waals surface area contributed by atoms with E-state index in [4.69, 9.17) is 14.7 Å². The molecule has 0 heterocycles. The third-order valence-electron chi connectivity index (χ3n) is 5.89. The van der Waals surface area contributed by atoms with E-state index in [1.807, 2.05) is 37.4 Å². The maximum atomic E-state index is 13.4. The summed E-state index contributed by atoms with van der Waals surface area (Å²) in [6, 6.07) is 12.8. The molecule has 0 saturated heterocycles. The van der Waals surface area contributed by atoms with Gasteiger partial charge in [-0.1, -0.05) is 0 Å². The molecule has 0 aliphatic heterocycles. The summed E-state index contributed by atoms with van der Waals surface area (Å²) in [6.07, 6.45) is 6.82. The number of carbonyl (C=O) groups excluding carboxylic acids is 1. The van der Waals surface area contributed by atoms with E-state index in [-0.39, 0.29) is 5.97 Å². The summed E-state index contributed by atoms with van der Waals surface area (Å²) in [5.74, 6) is -0.229. The molecule has 180 valence electrons. The van der Waals surface area contributed by atoms with Gasteiger partial charge in [-0.15, -0.1) is 0 Å². The van der Waals surface area contributed by atoms with Crippen LogP contribution in [-0.4, -0.2) is 31.8 Å². The molecule has 2 aromatic carbocycles. The van der Waals surface area contributed by atoms with E-state index in [9.17, 15) is 4.79 Å². The Kier molecular flexibility index (Phi) is 12.2. The number of nitrogens with one attached hydrogen (secondary N) is 1. The summed E-state index contributed by atoms with van der Waals surface area (Å²) in [5.41, 5.74) is 2.47. The van der Waals surface area contributed by atoms with Crippen LogP contribution in [-0.2, 0) is 3.07 Å². The quantitative estimate of drug-likeness (QED) is 0.179. The standard InChI is InChI=1S/C14H12ClN3O2.3C4H9.Sn/c1-16-13-7-6-9(8-11(13)15)17-18-12-5-3-2-4-10(12)14(19)20;3*1-3-4-2;/h2-8,16H,1H3,(H,19,20);3*1,3-4H2,2H3;/q;;;;+1/p-1. The minimum atomic E-state index is -3.08. The first kappa shape index (κ1) is 27.6. The van der Waals surface area contributed by atoms with Gasteiger partial charge >= 0.3 is 210 Å². The van der Waals surface area contributed by atoms with Gasteiger partial charge in [0.05, 0.1) is 0 Å². The molecule has 0 spiro atoms. The van der Waals surface area contributed by atoms with Crippen molar-refractivity contribution >= 4 is 53.4 Å². The van der Waals surface area contributed by atoms with Gasteiger partial charge in [0.25, 0.3) is 0 Å². The molecule has 2 aromatic rings. The molecule has 7 heteroatoms. The molecule has 33 heavy (non-hydrogen) atoms. The van der Waals surface area contributed by atoms with Crippen LogP contribution in [0.5, 0.6) is 0 Å². The van der Waals surface area contributed by atoms with Crippen LogP contribution in [0, 0.1) is 0 Å². The molecule has 0 aliphatic carbocycles. The summed E-state index contributed by atoms with van der Waals surface area (Å²) in [5, 5.41) is 12.3. The first-order chi connectivity index (χ1) is 16.0. The van der Waals surface area contributed by atoms with Crippen molar-refractivity contribution < 1.29 is 7.87 Å². The topological polar surface area (TPSA) is 63.0 Å². The van der Waals surface area contributed by atoms with E-state index in [0.29, 0.717) is 22.0 Å². The van der Waals surface area contributed by atoms with Crippen molar-refractivity contribution in [3.63, 3.8) is 0 Å². The Balaban J connectivity index is 2.29. The van der Waals surface area contributed by atoms with E-state index in [1.165, 1.54) is 0 Å². The molecule has 0 radical (unpaired) electrons. The zero-order valence-corrected chi connectivity index (χ0v) is 24.1. The monoisotopic (exact) mass is 579 g/mol. The van der Waals surface area contributed by atoms with Crippen LogP contribution >= 0.6 is 11.6 Å². The van der Waals surface area contributed by atoms with E-state index >= 15 is 0 Å². The van der Waals surface area contributed by atoms with Gasteiger partial charge in [0.2, 0.25) is 0 Å². The summed E-state index contributed by atoms with van der Waals surface area (Å²) < 4.78 is 9.84. The van der Waals surface area contributed by atoms with Gasteiger partial charge in [-0.05, 0) is 0 Å². The SMILES string of the molecule is CCC[CH2][Sn]([CH2]CCC)([CH2]CCC)[O]C(=O)c1ccccc1N=Nc1ccc(NC)c(Cl)c1. The minimum absolute atomic E-state index is 0.229. The second kappa shape index (κ2) is 14.6. The van der Waals surface area contributed by atoms with E-state index in [2.05, 4.69) is 36.3 Å². The Morgan fingerprint density at radius 1 is 0.939 bits per heavy atom. The Hall–Kier alpha value is -1.60. The van der Waals surface area contributed by atoms with Crippen LogP contribution in [0.3, 0.4) is 0 Å².